The zero-order valence-electron chi connectivity index (χ0n) is 19.9. The largest absolute Gasteiger partial charge is 0.410 e. The van der Waals surface area contributed by atoms with Gasteiger partial charge in [0, 0.05) is 6.54 Å². The van der Waals surface area contributed by atoms with E-state index in [1.165, 1.54) is 6.20 Å². The number of carbonyl (C=O) groups is 2. The average Bonchev–Trinajstić information content (AvgIpc) is 3.74. The average molecular weight is 519 g/mol. The first kappa shape index (κ1) is 23.7. The van der Waals surface area contributed by atoms with Crippen LogP contribution in [0.5, 0.6) is 0 Å². The number of aromatic nitrogens is 5. The molecule has 196 valence electrons. The van der Waals surface area contributed by atoms with Crippen molar-refractivity contribution in [1.29, 1.82) is 0 Å². The van der Waals surface area contributed by atoms with Crippen molar-refractivity contribution in [3.8, 4) is 0 Å². The number of carbonyl (C=O) groups excluding carboxylic acids is 2. The highest BCUT2D eigenvalue weighted by Gasteiger charge is 2.48. The van der Waals surface area contributed by atoms with Gasteiger partial charge < -0.3 is 15.5 Å². The van der Waals surface area contributed by atoms with Gasteiger partial charge in [0.25, 0.3) is 5.91 Å². The van der Waals surface area contributed by atoms with E-state index in [1.54, 1.807) is 23.7 Å². The van der Waals surface area contributed by atoms with Crippen molar-refractivity contribution in [1.82, 2.24) is 40.4 Å². The molecule has 3 aliphatic rings. The number of hydrogen-bond donors (Lipinski definition) is 2. The molecule has 0 bridgehead atoms. The van der Waals surface area contributed by atoms with Gasteiger partial charge in [-0.2, -0.15) is 18.3 Å². The summed E-state index contributed by atoms with van der Waals surface area (Å²) in [5.74, 6) is 0.831. The van der Waals surface area contributed by atoms with Crippen molar-refractivity contribution in [2.24, 2.45) is 17.8 Å². The molecule has 0 spiro atoms. The molecule has 3 amide bonds. The van der Waals surface area contributed by atoms with Crippen molar-refractivity contribution in [3.63, 3.8) is 0 Å². The summed E-state index contributed by atoms with van der Waals surface area (Å²) in [7, 11) is 0. The number of alkyl halides is 3. The highest BCUT2D eigenvalue weighted by Crippen LogP contribution is 2.54. The minimum atomic E-state index is -4.51. The van der Waals surface area contributed by atoms with Crippen molar-refractivity contribution >= 4 is 17.6 Å². The van der Waals surface area contributed by atoms with Crippen molar-refractivity contribution in [2.45, 2.75) is 57.4 Å². The predicted molar refractivity (Wildman–Crippen MR) is 120 cm³/mol. The summed E-state index contributed by atoms with van der Waals surface area (Å²) >= 11 is 0. The van der Waals surface area contributed by atoms with Crippen LogP contribution in [0.2, 0.25) is 0 Å². The Kier molecular flexibility index (Phi) is 5.57. The Morgan fingerprint density at radius 3 is 2.57 bits per heavy atom. The van der Waals surface area contributed by atoms with Crippen molar-refractivity contribution in [2.75, 3.05) is 6.54 Å². The SMILES string of the molecule is Cc1nonc1C(=O)N[C@H](c1cn2ncc(CN3C[C@@H](C(F)(F)F)NC3=O)cc2n1)C(C1CC1)C1CC1. The molecule has 6 rings (SSSR count). The predicted octanol–water partition coefficient (Wildman–Crippen LogP) is 2.78. The fraction of sp³-hybridized carbons (Fsp3) is 0.565. The van der Waals surface area contributed by atoms with Gasteiger partial charge >= 0.3 is 12.2 Å². The van der Waals surface area contributed by atoms with E-state index in [-0.39, 0.29) is 30.1 Å². The molecule has 0 aromatic carbocycles. The quantitative estimate of drug-likeness (QED) is 0.469. The Balaban J connectivity index is 1.26. The molecule has 2 aliphatic carbocycles. The van der Waals surface area contributed by atoms with Gasteiger partial charge in [-0.25, -0.2) is 18.9 Å². The maximum absolute atomic E-state index is 13.0. The fourth-order valence-corrected chi connectivity index (χ4v) is 5.21. The summed E-state index contributed by atoms with van der Waals surface area (Å²) in [5, 5.41) is 16.9. The van der Waals surface area contributed by atoms with Crippen LogP contribution < -0.4 is 10.6 Å². The van der Waals surface area contributed by atoms with E-state index in [4.69, 9.17) is 9.61 Å². The summed E-state index contributed by atoms with van der Waals surface area (Å²) in [6.07, 6.45) is 3.16. The first-order valence-corrected chi connectivity index (χ1v) is 12.2. The Labute approximate surface area is 208 Å². The van der Waals surface area contributed by atoms with Gasteiger partial charge in [0.1, 0.15) is 11.7 Å². The van der Waals surface area contributed by atoms with Crippen LogP contribution in [0, 0.1) is 24.7 Å². The van der Waals surface area contributed by atoms with Crippen LogP contribution in [0.15, 0.2) is 23.1 Å². The van der Waals surface area contributed by atoms with Gasteiger partial charge in [-0.1, -0.05) is 5.16 Å². The molecule has 2 atom stereocenters. The lowest BCUT2D eigenvalue weighted by molar-refractivity contribution is -0.149. The first-order valence-electron chi connectivity index (χ1n) is 12.2. The molecule has 3 fully saturated rings. The van der Waals surface area contributed by atoms with Crippen LogP contribution in [0.3, 0.4) is 0 Å². The lowest BCUT2D eigenvalue weighted by Crippen LogP contribution is -2.40. The minimum absolute atomic E-state index is 0.0323. The molecule has 1 aliphatic heterocycles. The van der Waals surface area contributed by atoms with E-state index in [2.05, 4.69) is 20.7 Å². The molecule has 2 N–H and O–H groups in total. The smallest absolute Gasteiger partial charge is 0.342 e. The maximum Gasteiger partial charge on any atom is 0.410 e. The summed E-state index contributed by atoms with van der Waals surface area (Å²) in [6.45, 7) is 1.14. The third-order valence-electron chi connectivity index (χ3n) is 7.34. The summed E-state index contributed by atoms with van der Waals surface area (Å²) in [5.41, 5.74) is 2.19. The summed E-state index contributed by atoms with van der Waals surface area (Å²) in [6, 6.07) is -1.35. The monoisotopic (exact) mass is 518 g/mol. The zero-order valence-corrected chi connectivity index (χ0v) is 19.9. The maximum atomic E-state index is 13.0. The Hall–Kier alpha value is -3.71. The Morgan fingerprint density at radius 1 is 1.24 bits per heavy atom. The molecule has 0 unspecified atom stereocenters. The number of imidazole rings is 1. The van der Waals surface area contributed by atoms with Gasteiger partial charge in [-0.05, 0) is 67.1 Å². The lowest BCUT2D eigenvalue weighted by atomic mass is 9.87. The van der Waals surface area contributed by atoms with Crippen LogP contribution in [0.1, 0.15) is 59.2 Å². The van der Waals surface area contributed by atoms with E-state index in [0.717, 1.165) is 30.6 Å². The van der Waals surface area contributed by atoms with Gasteiger partial charge in [0.2, 0.25) is 0 Å². The number of urea groups is 1. The molecule has 11 nitrogen and oxygen atoms in total. The second kappa shape index (κ2) is 8.70. The summed E-state index contributed by atoms with van der Waals surface area (Å²) < 4.78 is 45.3. The molecule has 3 aromatic heterocycles. The Morgan fingerprint density at radius 2 is 1.97 bits per heavy atom. The van der Waals surface area contributed by atoms with Gasteiger partial charge in [-0.3, -0.25) is 4.79 Å². The number of aryl methyl sites for hydroxylation is 1. The number of rotatable bonds is 8. The van der Waals surface area contributed by atoms with Crippen molar-refractivity contribution in [3.05, 3.63) is 41.1 Å². The van der Waals surface area contributed by atoms with E-state index in [1.807, 2.05) is 5.32 Å². The second-order valence-corrected chi connectivity index (χ2v) is 10.2. The number of halogens is 3. The van der Waals surface area contributed by atoms with Gasteiger partial charge in [0.15, 0.2) is 11.3 Å². The number of amides is 3. The second-order valence-electron chi connectivity index (χ2n) is 10.2. The molecule has 37 heavy (non-hydrogen) atoms. The lowest BCUT2D eigenvalue weighted by Gasteiger charge is -2.26. The molecular formula is C23H25F3N8O3. The topological polar surface area (TPSA) is 131 Å². The highest BCUT2D eigenvalue weighted by molar-refractivity contribution is 5.93. The van der Waals surface area contributed by atoms with E-state index < -0.39 is 24.8 Å². The minimum Gasteiger partial charge on any atom is -0.342 e. The Bertz CT molecular complexity index is 1330. The molecular weight excluding hydrogens is 493 g/mol. The molecule has 1 saturated heterocycles. The number of hydrogen-bond acceptors (Lipinski definition) is 7. The van der Waals surface area contributed by atoms with E-state index in [9.17, 15) is 22.8 Å². The molecule has 0 radical (unpaired) electrons. The number of nitrogens with zero attached hydrogens (tertiary/aromatic N) is 6. The van der Waals surface area contributed by atoms with Crippen LogP contribution in [-0.4, -0.2) is 60.5 Å². The van der Waals surface area contributed by atoms with Crippen molar-refractivity contribution < 1.29 is 27.4 Å². The zero-order chi connectivity index (χ0) is 25.9. The molecule has 14 heteroatoms. The summed E-state index contributed by atoms with van der Waals surface area (Å²) in [4.78, 5) is 30.9. The standard InChI is InChI=1S/C23H25F3N8O3/c1-11-19(32-37-31-11)21(35)30-20(18(13-2-3-13)14-4-5-14)15-9-34-17(28-15)6-12(7-27-34)8-33-10-16(23(24,25)26)29-22(33)36/h6-7,9,13-14,16,18,20H,2-5,8,10H2,1H3,(H,29,36)(H,30,35)/t16-,20+/m0/s1. The number of fused-ring (bicyclic) bond motifs is 1. The third-order valence-corrected chi connectivity index (χ3v) is 7.34. The molecule has 2 saturated carbocycles. The number of nitrogens with one attached hydrogen (secondary N) is 2. The molecule has 3 aromatic rings. The van der Waals surface area contributed by atoms with Crippen LogP contribution >= 0.6 is 0 Å². The van der Waals surface area contributed by atoms with Gasteiger partial charge in [-0.15, -0.1) is 0 Å². The van der Waals surface area contributed by atoms with E-state index >= 15 is 0 Å². The van der Waals surface area contributed by atoms with E-state index in [0.29, 0.717) is 34.4 Å². The first-order chi connectivity index (χ1) is 17.7. The highest BCUT2D eigenvalue weighted by atomic mass is 19.4. The third kappa shape index (κ3) is 4.71. The van der Waals surface area contributed by atoms with Gasteiger partial charge in [0.05, 0.1) is 30.7 Å². The van der Waals surface area contributed by atoms with Crippen LogP contribution in [0.4, 0.5) is 18.0 Å². The fourth-order valence-electron chi connectivity index (χ4n) is 5.21. The van der Waals surface area contributed by atoms with Crippen LogP contribution in [0.25, 0.3) is 5.65 Å². The van der Waals surface area contributed by atoms with Crippen LogP contribution in [-0.2, 0) is 6.54 Å². The molecule has 4 heterocycles. The normalized spacial score (nSPS) is 21.1.